The molecule has 0 saturated carbocycles. The van der Waals surface area contributed by atoms with Crippen LogP contribution in [0.2, 0.25) is 0 Å². The highest BCUT2D eigenvalue weighted by Gasteiger charge is 2.22. The fourth-order valence-corrected chi connectivity index (χ4v) is 10.8. The highest BCUT2D eigenvalue weighted by atomic mass is 32.1. The first-order valence-electron chi connectivity index (χ1n) is 19.3. The Balaban J connectivity index is 1.13. The van der Waals surface area contributed by atoms with Crippen molar-refractivity contribution in [3.8, 4) is 44.5 Å². The van der Waals surface area contributed by atoms with Gasteiger partial charge in [0.1, 0.15) is 0 Å². The molecule has 57 heavy (non-hydrogen) atoms. The van der Waals surface area contributed by atoms with Gasteiger partial charge < -0.3 is 4.90 Å². The van der Waals surface area contributed by atoms with Gasteiger partial charge in [-0.05, 0) is 87.5 Å². The fourth-order valence-electron chi connectivity index (χ4n) is 8.49. The van der Waals surface area contributed by atoms with Gasteiger partial charge in [-0.15, -0.1) is 22.7 Å². The molecule has 0 N–H and O–H groups in total. The zero-order chi connectivity index (χ0) is 37.7. The largest absolute Gasteiger partial charge is 0.310 e. The molecule has 0 saturated heterocycles. The molecule has 1 nitrogen and oxygen atoms in total. The summed E-state index contributed by atoms with van der Waals surface area (Å²) in [4.78, 5) is 2.46. The second kappa shape index (κ2) is 14.1. The Hall–Kier alpha value is -6.78. The SMILES string of the molecule is c1ccc(-c2ccccc2-c2ccc(N(c3ccc(-c4cccc5c4sc4ccccc45)c(-c4ccccc4)c3)c3cccc4sc5ccccc5c34)cc2)cc1. The summed E-state index contributed by atoms with van der Waals surface area (Å²) in [6.45, 7) is 0. The second-order valence-electron chi connectivity index (χ2n) is 14.4. The summed E-state index contributed by atoms with van der Waals surface area (Å²) in [5.74, 6) is 0. The minimum Gasteiger partial charge on any atom is -0.310 e. The van der Waals surface area contributed by atoms with Crippen LogP contribution >= 0.6 is 22.7 Å². The van der Waals surface area contributed by atoms with Gasteiger partial charge in [-0.2, -0.15) is 0 Å². The number of hydrogen-bond acceptors (Lipinski definition) is 3. The van der Waals surface area contributed by atoms with Crippen molar-refractivity contribution in [3.05, 3.63) is 212 Å². The first kappa shape index (κ1) is 33.5. The van der Waals surface area contributed by atoms with E-state index in [9.17, 15) is 0 Å². The van der Waals surface area contributed by atoms with Gasteiger partial charge in [-0.3, -0.25) is 0 Å². The monoisotopic (exact) mass is 761 g/mol. The Morgan fingerprint density at radius 3 is 1.56 bits per heavy atom. The van der Waals surface area contributed by atoms with Gasteiger partial charge in [0, 0.05) is 57.3 Å². The third-order valence-electron chi connectivity index (χ3n) is 11.1. The van der Waals surface area contributed by atoms with Gasteiger partial charge in [-0.25, -0.2) is 0 Å². The van der Waals surface area contributed by atoms with E-state index in [1.807, 2.05) is 22.7 Å². The number of fused-ring (bicyclic) bond motifs is 6. The van der Waals surface area contributed by atoms with Gasteiger partial charge in [-0.1, -0.05) is 164 Å². The maximum absolute atomic E-state index is 2.46. The molecule has 0 atom stereocenters. The Morgan fingerprint density at radius 1 is 0.298 bits per heavy atom. The van der Waals surface area contributed by atoms with Gasteiger partial charge >= 0.3 is 0 Å². The van der Waals surface area contributed by atoms with Crippen LogP contribution in [-0.2, 0) is 0 Å². The van der Waals surface area contributed by atoms with Gasteiger partial charge in [0.2, 0.25) is 0 Å². The molecule has 0 spiro atoms. The number of thiophene rings is 2. The number of rotatable bonds is 7. The first-order valence-corrected chi connectivity index (χ1v) is 21.0. The zero-order valence-electron chi connectivity index (χ0n) is 31.0. The summed E-state index contributed by atoms with van der Waals surface area (Å²) in [5, 5.41) is 5.18. The zero-order valence-corrected chi connectivity index (χ0v) is 32.6. The lowest BCUT2D eigenvalue weighted by Crippen LogP contribution is -2.10. The van der Waals surface area contributed by atoms with Crippen molar-refractivity contribution in [1.82, 2.24) is 0 Å². The van der Waals surface area contributed by atoms with Crippen LogP contribution in [0, 0.1) is 0 Å². The summed E-state index contributed by atoms with van der Waals surface area (Å²) in [5.41, 5.74) is 13.1. The number of benzene rings is 9. The molecule has 11 rings (SSSR count). The lowest BCUT2D eigenvalue weighted by atomic mass is 9.92. The van der Waals surface area contributed by atoms with Crippen LogP contribution in [0.4, 0.5) is 17.1 Å². The van der Waals surface area contributed by atoms with E-state index in [1.54, 1.807) is 0 Å². The molecule has 2 heterocycles. The van der Waals surface area contributed by atoms with Gasteiger partial charge in [0.05, 0.1) is 5.69 Å². The first-order chi connectivity index (χ1) is 28.3. The van der Waals surface area contributed by atoms with Crippen LogP contribution < -0.4 is 4.90 Å². The van der Waals surface area contributed by atoms with Crippen LogP contribution in [0.1, 0.15) is 0 Å². The van der Waals surface area contributed by atoms with E-state index in [4.69, 9.17) is 0 Å². The van der Waals surface area contributed by atoms with Crippen molar-refractivity contribution < 1.29 is 0 Å². The lowest BCUT2D eigenvalue weighted by molar-refractivity contribution is 1.30. The molecule has 11 aromatic rings. The Morgan fingerprint density at radius 2 is 0.825 bits per heavy atom. The predicted molar refractivity (Wildman–Crippen MR) is 249 cm³/mol. The molecule has 268 valence electrons. The smallest absolute Gasteiger partial charge is 0.0554 e. The minimum absolute atomic E-state index is 1.11. The van der Waals surface area contributed by atoms with Crippen LogP contribution in [0.25, 0.3) is 84.9 Å². The van der Waals surface area contributed by atoms with Crippen LogP contribution in [0.5, 0.6) is 0 Å². The summed E-state index contributed by atoms with van der Waals surface area (Å²) >= 11 is 3.74. The van der Waals surface area contributed by atoms with E-state index in [0.29, 0.717) is 0 Å². The standard InChI is InChI=1S/C54H35NS2/c1-3-15-36(16-4-1)41-19-7-8-20-42(41)38-29-31-39(32-30-38)55(49-25-14-28-52-53(49)47-22-10-12-27-51(47)56-52)40-33-34-43(48(35-40)37-17-5-2-6-18-37)45-23-13-24-46-44-21-9-11-26-50(44)57-54(45)46/h1-35H. The number of nitrogens with zero attached hydrogens (tertiary/aromatic N) is 1. The summed E-state index contributed by atoms with van der Waals surface area (Å²) < 4.78 is 5.21. The average Bonchev–Trinajstić information content (AvgIpc) is 3.87. The van der Waals surface area contributed by atoms with Crippen molar-refractivity contribution >= 4 is 80.1 Å². The van der Waals surface area contributed by atoms with E-state index >= 15 is 0 Å². The average molecular weight is 762 g/mol. The Kier molecular flexibility index (Phi) is 8.28. The molecule has 0 aliphatic rings. The summed E-state index contributed by atoms with van der Waals surface area (Å²) in [6.07, 6.45) is 0. The molecule has 2 aromatic heterocycles. The van der Waals surface area contributed by atoms with E-state index in [2.05, 4.69) is 217 Å². The molecule has 0 aliphatic heterocycles. The topological polar surface area (TPSA) is 3.24 Å². The second-order valence-corrected chi connectivity index (χ2v) is 16.6. The highest BCUT2D eigenvalue weighted by Crippen LogP contribution is 2.48. The molecular formula is C54H35NS2. The quantitative estimate of drug-likeness (QED) is 0.156. The summed E-state index contributed by atoms with van der Waals surface area (Å²) in [6, 6.07) is 77.6. The molecule has 0 fully saturated rings. The van der Waals surface area contributed by atoms with Crippen molar-refractivity contribution in [2.75, 3.05) is 4.90 Å². The van der Waals surface area contributed by atoms with Crippen molar-refractivity contribution in [2.45, 2.75) is 0 Å². The molecule has 0 unspecified atom stereocenters. The molecule has 0 aliphatic carbocycles. The molecule has 0 bridgehead atoms. The minimum atomic E-state index is 1.11. The van der Waals surface area contributed by atoms with E-state index in [-0.39, 0.29) is 0 Å². The fraction of sp³-hybridized carbons (Fsp3) is 0. The molecular weight excluding hydrogens is 727 g/mol. The van der Waals surface area contributed by atoms with Crippen molar-refractivity contribution in [1.29, 1.82) is 0 Å². The molecule has 9 aromatic carbocycles. The van der Waals surface area contributed by atoms with Crippen LogP contribution in [0.3, 0.4) is 0 Å². The normalized spacial score (nSPS) is 11.5. The molecule has 0 amide bonds. The van der Waals surface area contributed by atoms with Gasteiger partial charge in [0.15, 0.2) is 0 Å². The van der Waals surface area contributed by atoms with Crippen molar-refractivity contribution in [2.24, 2.45) is 0 Å². The van der Waals surface area contributed by atoms with Crippen molar-refractivity contribution in [3.63, 3.8) is 0 Å². The van der Waals surface area contributed by atoms with Crippen LogP contribution in [-0.4, -0.2) is 0 Å². The molecule has 0 radical (unpaired) electrons. The van der Waals surface area contributed by atoms with E-state index < -0.39 is 0 Å². The molecule has 3 heteroatoms. The highest BCUT2D eigenvalue weighted by molar-refractivity contribution is 7.26. The van der Waals surface area contributed by atoms with Gasteiger partial charge in [0.25, 0.3) is 0 Å². The third-order valence-corrected chi connectivity index (χ3v) is 13.5. The Labute approximate surface area is 340 Å². The Bertz CT molecular complexity index is 3230. The summed E-state index contributed by atoms with van der Waals surface area (Å²) in [7, 11) is 0. The van der Waals surface area contributed by atoms with Crippen LogP contribution in [0.15, 0.2) is 212 Å². The number of hydrogen-bond donors (Lipinski definition) is 0. The maximum Gasteiger partial charge on any atom is 0.0554 e. The number of anilines is 3. The lowest BCUT2D eigenvalue weighted by Gasteiger charge is -2.28. The third kappa shape index (κ3) is 5.83. The van der Waals surface area contributed by atoms with E-state index in [0.717, 1.165) is 11.4 Å². The predicted octanol–water partition coefficient (Wildman–Crippen LogP) is 16.6. The maximum atomic E-state index is 2.46. The van der Waals surface area contributed by atoms with E-state index in [1.165, 1.54) is 90.5 Å².